The fourth-order valence-electron chi connectivity index (χ4n) is 4.74. The van der Waals surface area contributed by atoms with Gasteiger partial charge in [-0.3, -0.25) is 4.79 Å². The van der Waals surface area contributed by atoms with Gasteiger partial charge in [-0.15, -0.1) is 11.3 Å². The van der Waals surface area contributed by atoms with Crippen molar-refractivity contribution in [1.82, 2.24) is 20.2 Å². The van der Waals surface area contributed by atoms with Crippen LogP contribution < -0.4 is 10.6 Å². The Labute approximate surface area is 205 Å². The number of hydrogen-bond acceptors (Lipinski definition) is 6. The largest absolute Gasteiger partial charge is 0.351 e. The SMILES string of the molecule is Cc1c(C(=O)NCCCN(C)C)sc2ncnc(Nc3ccc(F)cc3CC3CCCCC3)c12. The van der Waals surface area contributed by atoms with Crippen LogP contribution in [-0.4, -0.2) is 48.0 Å². The zero-order valence-corrected chi connectivity index (χ0v) is 21.1. The number of carbonyl (C=O) groups is 1. The predicted molar refractivity (Wildman–Crippen MR) is 138 cm³/mol. The number of hydrogen-bond donors (Lipinski definition) is 2. The molecule has 1 aliphatic carbocycles. The molecule has 0 bridgehead atoms. The van der Waals surface area contributed by atoms with E-state index < -0.39 is 0 Å². The van der Waals surface area contributed by atoms with Crippen molar-refractivity contribution in [2.75, 3.05) is 32.5 Å². The van der Waals surface area contributed by atoms with E-state index in [0.29, 0.717) is 23.2 Å². The van der Waals surface area contributed by atoms with Crippen LogP contribution in [0.3, 0.4) is 0 Å². The fraction of sp³-hybridized carbons (Fsp3) is 0.500. The molecule has 4 rings (SSSR count). The summed E-state index contributed by atoms with van der Waals surface area (Å²) in [6, 6.07) is 4.92. The Balaban J connectivity index is 1.56. The van der Waals surface area contributed by atoms with Gasteiger partial charge >= 0.3 is 0 Å². The maximum absolute atomic E-state index is 14.1. The van der Waals surface area contributed by atoms with Crippen molar-refractivity contribution in [1.29, 1.82) is 0 Å². The third-order valence-electron chi connectivity index (χ3n) is 6.55. The van der Waals surface area contributed by atoms with Crippen LogP contribution in [0.4, 0.5) is 15.9 Å². The van der Waals surface area contributed by atoms with Gasteiger partial charge in [0, 0.05) is 12.2 Å². The van der Waals surface area contributed by atoms with Crippen LogP contribution in [0.25, 0.3) is 10.2 Å². The summed E-state index contributed by atoms with van der Waals surface area (Å²) in [5, 5.41) is 7.31. The van der Waals surface area contributed by atoms with Gasteiger partial charge in [-0.05, 0) is 75.6 Å². The van der Waals surface area contributed by atoms with Gasteiger partial charge in [0.05, 0.1) is 10.3 Å². The molecule has 8 heteroatoms. The standard InChI is InChI=1S/C26H34FN5OS/c1-17-22-24(29-16-30-26(22)34-23(17)25(33)28-12-7-13-32(2)3)31-21-11-10-20(27)15-19(21)14-18-8-5-4-6-9-18/h10-11,15-16,18H,4-9,12-14H2,1-3H3,(H,28,33)(H,29,30,31). The molecule has 1 aliphatic rings. The van der Waals surface area contributed by atoms with Gasteiger partial charge in [-0.25, -0.2) is 14.4 Å². The lowest BCUT2D eigenvalue weighted by molar-refractivity contribution is 0.0956. The Hall–Kier alpha value is -2.58. The molecule has 0 spiro atoms. The van der Waals surface area contributed by atoms with E-state index in [-0.39, 0.29) is 11.7 Å². The van der Waals surface area contributed by atoms with Gasteiger partial charge in [0.2, 0.25) is 0 Å². The van der Waals surface area contributed by atoms with E-state index in [1.54, 1.807) is 12.1 Å². The third kappa shape index (κ3) is 5.91. The number of aromatic nitrogens is 2. The number of nitrogens with zero attached hydrogens (tertiary/aromatic N) is 3. The van der Waals surface area contributed by atoms with Crippen LogP contribution in [0.2, 0.25) is 0 Å². The second-order valence-electron chi connectivity index (χ2n) is 9.51. The van der Waals surface area contributed by atoms with Gasteiger partial charge in [0.25, 0.3) is 5.91 Å². The maximum atomic E-state index is 14.1. The lowest BCUT2D eigenvalue weighted by Crippen LogP contribution is -2.26. The number of thiophene rings is 1. The molecular formula is C26H34FN5OS. The third-order valence-corrected chi connectivity index (χ3v) is 7.75. The smallest absolute Gasteiger partial charge is 0.261 e. The molecule has 182 valence electrons. The number of halogens is 1. The summed E-state index contributed by atoms with van der Waals surface area (Å²) in [6.07, 6.45) is 9.47. The van der Waals surface area contributed by atoms with Crippen LogP contribution in [-0.2, 0) is 6.42 Å². The van der Waals surface area contributed by atoms with Crippen molar-refractivity contribution < 1.29 is 9.18 Å². The zero-order chi connectivity index (χ0) is 24.1. The number of rotatable bonds is 9. The first-order chi connectivity index (χ1) is 16.4. The molecule has 2 N–H and O–H groups in total. The lowest BCUT2D eigenvalue weighted by Gasteiger charge is -2.23. The van der Waals surface area contributed by atoms with E-state index in [4.69, 9.17) is 0 Å². The minimum absolute atomic E-state index is 0.0787. The van der Waals surface area contributed by atoms with Gasteiger partial charge < -0.3 is 15.5 Å². The minimum Gasteiger partial charge on any atom is -0.351 e. The molecule has 0 unspecified atom stereocenters. The highest BCUT2D eigenvalue weighted by Crippen LogP contribution is 2.36. The summed E-state index contributed by atoms with van der Waals surface area (Å²) in [5.41, 5.74) is 2.71. The predicted octanol–water partition coefficient (Wildman–Crippen LogP) is 5.69. The molecule has 1 fully saturated rings. The average Bonchev–Trinajstić information content (AvgIpc) is 3.16. The molecule has 3 aromatic rings. The highest BCUT2D eigenvalue weighted by atomic mass is 32.1. The molecule has 0 aliphatic heterocycles. The second kappa shape index (κ2) is 11.2. The number of fused-ring (bicyclic) bond motifs is 1. The number of aryl methyl sites for hydroxylation is 1. The van der Waals surface area contributed by atoms with E-state index in [0.717, 1.165) is 46.4 Å². The van der Waals surface area contributed by atoms with Crippen molar-refractivity contribution in [2.45, 2.75) is 51.9 Å². The second-order valence-corrected chi connectivity index (χ2v) is 10.5. The Morgan fingerprint density at radius 1 is 1.21 bits per heavy atom. The number of benzene rings is 1. The van der Waals surface area contributed by atoms with E-state index in [9.17, 15) is 9.18 Å². The summed E-state index contributed by atoms with van der Waals surface area (Å²) in [6.45, 7) is 3.49. The summed E-state index contributed by atoms with van der Waals surface area (Å²) < 4.78 is 14.1. The van der Waals surface area contributed by atoms with E-state index >= 15 is 0 Å². The molecule has 0 radical (unpaired) electrons. The van der Waals surface area contributed by atoms with Crippen molar-refractivity contribution in [3.8, 4) is 0 Å². The highest BCUT2D eigenvalue weighted by Gasteiger charge is 2.21. The molecule has 6 nitrogen and oxygen atoms in total. The number of carbonyl (C=O) groups excluding carboxylic acids is 1. The lowest BCUT2D eigenvalue weighted by atomic mass is 9.84. The molecule has 0 saturated heterocycles. The molecule has 2 aromatic heterocycles. The van der Waals surface area contributed by atoms with Crippen molar-refractivity contribution in [3.63, 3.8) is 0 Å². The molecule has 34 heavy (non-hydrogen) atoms. The van der Waals surface area contributed by atoms with Crippen LogP contribution in [0.15, 0.2) is 24.5 Å². The van der Waals surface area contributed by atoms with Gasteiger partial charge in [0.1, 0.15) is 22.8 Å². The van der Waals surface area contributed by atoms with E-state index in [2.05, 4.69) is 25.5 Å². The van der Waals surface area contributed by atoms with Gasteiger partial charge in [-0.2, -0.15) is 0 Å². The Kier molecular flexibility index (Phi) is 8.11. The van der Waals surface area contributed by atoms with Crippen molar-refractivity contribution in [2.24, 2.45) is 5.92 Å². The minimum atomic E-state index is -0.218. The fourth-order valence-corrected chi connectivity index (χ4v) is 5.81. The van der Waals surface area contributed by atoms with E-state index in [1.165, 1.54) is 55.8 Å². The summed E-state index contributed by atoms with van der Waals surface area (Å²) in [5.74, 6) is 0.947. The molecule has 1 saturated carbocycles. The zero-order valence-electron chi connectivity index (χ0n) is 20.3. The first kappa shape index (κ1) is 24.5. The highest BCUT2D eigenvalue weighted by molar-refractivity contribution is 7.20. The Bertz CT molecular complexity index is 1140. The van der Waals surface area contributed by atoms with Crippen molar-refractivity contribution >= 4 is 39.0 Å². The first-order valence-corrected chi connectivity index (χ1v) is 13.0. The van der Waals surface area contributed by atoms with Crippen molar-refractivity contribution in [3.05, 3.63) is 46.3 Å². The molecule has 0 atom stereocenters. The summed E-state index contributed by atoms with van der Waals surface area (Å²) in [4.78, 5) is 25.3. The van der Waals surface area contributed by atoms with Gasteiger partial charge in [-0.1, -0.05) is 32.1 Å². The molecule has 2 heterocycles. The topological polar surface area (TPSA) is 70.2 Å². The van der Waals surface area contributed by atoms with Gasteiger partial charge in [0.15, 0.2) is 0 Å². The number of amides is 1. The molecule has 1 aromatic carbocycles. The maximum Gasteiger partial charge on any atom is 0.261 e. The monoisotopic (exact) mass is 483 g/mol. The van der Waals surface area contributed by atoms with Crippen LogP contribution in [0.1, 0.15) is 59.3 Å². The summed E-state index contributed by atoms with van der Waals surface area (Å²) >= 11 is 1.38. The molecule has 1 amide bonds. The first-order valence-electron chi connectivity index (χ1n) is 12.1. The van der Waals surface area contributed by atoms with Crippen LogP contribution in [0.5, 0.6) is 0 Å². The van der Waals surface area contributed by atoms with Crippen LogP contribution >= 0.6 is 11.3 Å². The number of anilines is 2. The quantitative estimate of drug-likeness (QED) is 0.383. The van der Waals surface area contributed by atoms with E-state index in [1.807, 2.05) is 21.0 Å². The normalized spacial score (nSPS) is 14.6. The number of nitrogens with one attached hydrogen (secondary N) is 2. The summed E-state index contributed by atoms with van der Waals surface area (Å²) in [7, 11) is 4.04. The Morgan fingerprint density at radius 3 is 2.76 bits per heavy atom. The Morgan fingerprint density at radius 2 is 2.00 bits per heavy atom. The van der Waals surface area contributed by atoms with Crippen LogP contribution in [0, 0.1) is 18.7 Å². The molecular weight excluding hydrogens is 449 g/mol. The average molecular weight is 484 g/mol.